The van der Waals surface area contributed by atoms with Crippen molar-refractivity contribution in [3.63, 3.8) is 0 Å². The van der Waals surface area contributed by atoms with E-state index in [1.165, 1.54) is 10.8 Å². The van der Waals surface area contributed by atoms with Crippen LogP contribution in [0.5, 0.6) is 0 Å². The second-order valence-electron chi connectivity index (χ2n) is 3.73. The molecular formula is C10H13N5O2. The standard InChI is InChI=1S/C10H13N5O2/c1-14-7(2-4-12-14)3-5-15-6-8(11)9(16)13-10(15)17/h2,4,6H,3,5,11H2,1H3,(H,13,16,17). The molecule has 2 rings (SSSR count). The van der Waals surface area contributed by atoms with Crippen LogP contribution in [0.4, 0.5) is 5.69 Å². The fourth-order valence-corrected chi connectivity index (χ4v) is 1.57. The van der Waals surface area contributed by atoms with E-state index in [1.807, 2.05) is 13.1 Å². The van der Waals surface area contributed by atoms with E-state index in [9.17, 15) is 9.59 Å². The number of H-pyrrole nitrogens is 1. The van der Waals surface area contributed by atoms with Gasteiger partial charge in [-0.05, 0) is 6.07 Å². The van der Waals surface area contributed by atoms with Crippen molar-refractivity contribution >= 4 is 5.69 Å². The maximum atomic E-state index is 11.5. The first-order valence-corrected chi connectivity index (χ1v) is 5.14. The zero-order chi connectivity index (χ0) is 12.4. The highest BCUT2D eigenvalue weighted by molar-refractivity contribution is 5.30. The summed E-state index contributed by atoms with van der Waals surface area (Å²) >= 11 is 0. The largest absolute Gasteiger partial charge is 0.393 e. The van der Waals surface area contributed by atoms with Gasteiger partial charge < -0.3 is 5.73 Å². The van der Waals surface area contributed by atoms with Crippen molar-refractivity contribution < 1.29 is 0 Å². The summed E-state index contributed by atoms with van der Waals surface area (Å²) in [7, 11) is 1.83. The predicted molar refractivity (Wildman–Crippen MR) is 62.6 cm³/mol. The maximum Gasteiger partial charge on any atom is 0.328 e. The van der Waals surface area contributed by atoms with Gasteiger partial charge in [0.15, 0.2) is 0 Å². The van der Waals surface area contributed by atoms with E-state index in [4.69, 9.17) is 5.73 Å². The van der Waals surface area contributed by atoms with Gasteiger partial charge in [0.2, 0.25) is 0 Å². The summed E-state index contributed by atoms with van der Waals surface area (Å²) in [6.07, 6.45) is 3.69. The van der Waals surface area contributed by atoms with E-state index >= 15 is 0 Å². The Kier molecular flexibility index (Phi) is 2.82. The van der Waals surface area contributed by atoms with Gasteiger partial charge in [-0.3, -0.25) is 19.0 Å². The number of aromatic nitrogens is 4. The molecule has 7 nitrogen and oxygen atoms in total. The first-order chi connectivity index (χ1) is 8.08. The van der Waals surface area contributed by atoms with Crippen LogP contribution < -0.4 is 17.0 Å². The van der Waals surface area contributed by atoms with Crippen LogP contribution in [0.2, 0.25) is 0 Å². The first kappa shape index (κ1) is 11.2. The lowest BCUT2D eigenvalue weighted by Crippen LogP contribution is -2.31. The molecule has 2 heterocycles. The van der Waals surface area contributed by atoms with Gasteiger partial charge >= 0.3 is 5.69 Å². The number of hydrogen-bond donors (Lipinski definition) is 2. The van der Waals surface area contributed by atoms with E-state index in [0.29, 0.717) is 13.0 Å². The summed E-state index contributed by atoms with van der Waals surface area (Å²) in [5, 5.41) is 4.03. The highest BCUT2D eigenvalue weighted by atomic mass is 16.2. The third-order valence-electron chi connectivity index (χ3n) is 2.57. The minimum atomic E-state index is -0.549. The zero-order valence-corrected chi connectivity index (χ0v) is 9.38. The fourth-order valence-electron chi connectivity index (χ4n) is 1.57. The van der Waals surface area contributed by atoms with Crippen LogP contribution in [-0.4, -0.2) is 19.3 Å². The Morgan fingerprint density at radius 1 is 1.47 bits per heavy atom. The summed E-state index contributed by atoms with van der Waals surface area (Å²) in [6.45, 7) is 0.444. The summed E-state index contributed by atoms with van der Waals surface area (Å²) in [5.74, 6) is 0. The molecule has 2 aromatic heterocycles. The average Bonchev–Trinajstić information content (AvgIpc) is 2.68. The van der Waals surface area contributed by atoms with Crippen molar-refractivity contribution in [1.29, 1.82) is 0 Å². The smallest absolute Gasteiger partial charge is 0.328 e. The Hall–Kier alpha value is -2.31. The minimum Gasteiger partial charge on any atom is -0.393 e. The van der Waals surface area contributed by atoms with E-state index < -0.39 is 11.2 Å². The van der Waals surface area contributed by atoms with Crippen LogP contribution in [-0.2, 0) is 20.0 Å². The lowest BCUT2D eigenvalue weighted by atomic mass is 10.3. The van der Waals surface area contributed by atoms with Gasteiger partial charge in [0.05, 0.1) is 0 Å². The Labute approximate surface area is 96.5 Å². The van der Waals surface area contributed by atoms with Crippen molar-refractivity contribution in [2.75, 3.05) is 5.73 Å². The van der Waals surface area contributed by atoms with Gasteiger partial charge in [-0.25, -0.2) is 4.79 Å². The number of aryl methyl sites for hydroxylation is 3. The van der Waals surface area contributed by atoms with Crippen LogP contribution in [0, 0.1) is 0 Å². The highest BCUT2D eigenvalue weighted by Gasteiger charge is 2.03. The Morgan fingerprint density at radius 3 is 2.88 bits per heavy atom. The van der Waals surface area contributed by atoms with E-state index in [1.54, 1.807) is 10.9 Å². The molecule has 0 radical (unpaired) electrons. The number of aromatic amines is 1. The monoisotopic (exact) mass is 235 g/mol. The van der Waals surface area contributed by atoms with Crippen LogP contribution in [0.25, 0.3) is 0 Å². The Balaban J connectivity index is 2.20. The van der Waals surface area contributed by atoms with Crippen molar-refractivity contribution in [3.05, 3.63) is 45.0 Å². The molecular weight excluding hydrogens is 222 g/mol. The predicted octanol–water partition coefficient (Wildman–Crippen LogP) is -0.905. The molecule has 0 spiro atoms. The molecule has 2 aromatic rings. The molecule has 3 N–H and O–H groups in total. The number of nitrogen functional groups attached to an aromatic ring is 1. The summed E-state index contributed by atoms with van der Waals surface area (Å²) in [5.41, 5.74) is 5.48. The summed E-state index contributed by atoms with van der Waals surface area (Å²) in [4.78, 5) is 24.7. The topological polar surface area (TPSA) is 98.7 Å². The molecule has 0 aromatic carbocycles. The third-order valence-corrected chi connectivity index (χ3v) is 2.57. The number of anilines is 1. The molecule has 90 valence electrons. The van der Waals surface area contributed by atoms with Gasteiger partial charge in [-0.1, -0.05) is 0 Å². The number of hydrogen-bond acceptors (Lipinski definition) is 4. The van der Waals surface area contributed by atoms with E-state index in [2.05, 4.69) is 10.1 Å². The van der Waals surface area contributed by atoms with Crippen LogP contribution in [0.3, 0.4) is 0 Å². The SMILES string of the molecule is Cn1nccc1CCn1cc(N)c(=O)[nH]c1=O. The molecule has 0 aliphatic rings. The van der Waals surface area contributed by atoms with Crippen LogP contribution in [0.15, 0.2) is 28.0 Å². The van der Waals surface area contributed by atoms with Crippen molar-refractivity contribution in [2.45, 2.75) is 13.0 Å². The second-order valence-corrected chi connectivity index (χ2v) is 3.73. The average molecular weight is 235 g/mol. The molecule has 0 unspecified atom stereocenters. The third kappa shape index (κ3) is 2.27. The number of rotatable bonds is 3. The van der Waals surface area contributed by atoms with Crippen molar-refractivity contribution in [1.82, 2.24) is 19.3 Å². The molecule has 0 aliphatic heterocycles. The van der Waals surface area contributed by atoms with E-state index in [-0.39, 0.29) is 5.69 Å². The summed E-state index contributed by atoms with van der Waals surface area (Å²) < 4.78 is 3.11. The van der Waals surface area contributed by atoms with Gasteiger partial charge in [-0.15, -0.1) is 0 Å². The van der Waals surface area contributed by atoms with Crippen molar-refractivity contribution in [2.24, 2.45) is 7.05 Å². The van der Waals surface area contributed by atoms with Crippen LogP contribution >= 0.6 is 0 Å². The highest BCUT2D eigenvalue weighted by Crippen LogP contribution is 1.99. The van der Waals surface area contributed by atoms with Gasteiger partial charge in [0, 0.05) is 38.1 Å². The molecule has 0 saturated heterocycles. The summed E-state index contributed by atoms with van der Waals surface area (Å²) in [6, 6.07) is 1.88. The molecule has 0 amide bonds. The number of nitrogens with zero attached hydrogens (tertiary/aromatic N) is 3. The lowest BCUT2D eigenvalue weighted by molar-refractivity contribution is 0.610. The van der Waals surface area contributed by atoms with Gasteiger partial charge in [-0.2, -0.15) is 5.10 Å². The van der Waals surface area contributed by atoms with Gasteiger partial charge in [0.1, 0.15) is 5.69 Å². The maximum absolute atomic E-state index is 11.5. The zero-order valence-electron chi connectivity index (χ0n) is 9.38. The van der Waals surface area contributed by atoms with Gasteiger partial charge in [0.25, 0.3) is 5.56 Å². The molecule has 0 aliphatic carbocycles. The number of nitrogens with two attached hydrogens (primary N) is 1. The fraction of sp³-hybridized carbons (Fsp3) is 0.300. The lowest BCUT2D eigenvalue weighted by Gasteiger charge is -2.05. The quantitative estimate of drug-likeness (QED) is 0.719. The molecule has 0 atom stereocenters. The van der Waals surface area contributed by atoms with Crippen molar-refractivity contribution in [3.8, 4) is 0 Å². The minimum absolute atomic E-state index is 0.0367. The Bertz CT molecular complexity index is 637. The molecule has 7 heteroatoms. The first-order valence-electron chi connectivity index (χ1n) is 5.14. The van der Waals surface area contributed by atoms with Crippen LogP contribution in [0.1, 0.15) is 5.69 Å². The molecule has 0 bridgehead atoms. The molecule has 17 heavy (non-hydrogen) atoms. The molecule has 0 saturated carbocycles. The van der Waals surface area contributed by atoms with E-state index in [0.717, 1.165) is 5.69 Å². The normalized spacial score (nSPS) is 10.6. The Morgan fingerprint density at radius 2 is 2.24 bits per heavy atom. The second kappa shape index (κ2) is 4.28. The number of nitrogens with one attached hydrogen (secondary N) is 1. The molecule has 0 fully saturated rings.